The lowest BCUT2D eigenvalue weighted by molar-refractivity contribution is -0.120. The molecule has 0 saturated heterocycles. The SMILES string of the molecule is CCCCOC(=O)c1ccc(CN2C(=O)c3sccc3NC(=O)C2Cc2ccccn2)cc1Cl. The number of nitrogens with zero attached hydrogens (tertiary/aromatic N) is 2. The number of carbonyl (C=O) groups excluding carboxylic acids is 3. The maximum Gasteiger partial charge on any atom is 0.339 e. The number of fused-ring (bicyclic) bond motifs is 1. The summed E-state index contributed by atoms with van der Waals surface area (Å²) >= 11 is 7.67. The molecule has 0 spiro atoms. The molecular formula is C25H24ClN3O4S. The number of hydrogen-bond acceptors (Lipinski definition) is 6. The van der Waals surface area contributed by atoms with Gasteiger partial charge >= 0.3 is 5.97 Å². The second kappa shape index (κ2) is 10.8. The van der Waals surface area contributed by atoms with Crippen LogP contribution in [-0.4, -0.2) is 40.3 Å². The number of hydrogen-bond donors (Lipinski definition) is 1. The van der Waals surface area contributed by atoms with Gasteiger partial charge in [-0.25, -0.2) is 4.79 Å². The number of unbranched alkanes of at least 4 members (excludes halogenated alkanes) is 1. The van der Waals surface area contributed by atoms with E-state index in [4.69, 9.17) is 16.3 Å². The second-order valence-electron chi connectivity index (χ2n) is 7.93. The Morgan fingerprint density at radius 3 is 2.82 bits per heavy atom. The van der Waals surface area contributed by atoms with E-state index in [0.717, 1.165) is 12.8 Å². The summed E-state index contributed by atoms with van der Waals surface area (Å²) in [7, 11) is 0. The number of anilines is 1. The van der Waals surface area contributed by atoms with Crippen molar-refractivity contribution in [2.24, 2.45) is 0 Å². The summed E-state index contributed by atoms with van der Waals surface area (Å²) in [5.74, 6) is -1.01. The molecule has 3 heterocycles. The standard InChI is InChI=1S/C25H24ClN3O4S/c1-2-3-11-33-25(32)18-8-7-16(13-19(18)26)15-29-21(14-17-6-4-5-10-27-17)23(30)28-20-9-12-34-22(20)24(29)31/h4-10,12-13,21H,2-3,11,14-15H2,1H3,(H,28,30). The third kappa shape index (κ3) is 5.29. The first-order valence-electron chi connectivity index (χ1n) is 11.0. The predicted molar refractivity (Wildman–Crippen MR) is 131 cm³/mol. The van der Waals surface area contributed by atoms with E-state index >= 15 is 0 Å². The average molecular weight is 498 g/mol. The number of thiophene rings is 1. The average Bonchev–Trinajstić information content (AvgIpc) is 3.26. The summed E-state index contributed by atoms with van der Waals surface area (Å²) in [4.78, 5) is 45.3. The Kier molecular flexibility index (Phi) is 7.59. The zero-order valence-corrected chi connectivity index (χ0v) is 20.2. The number of benzene rings is 1. The van der Waals surface area contributed by atoms with Crippen molar-refractivity contribution in [3.63, 3.8) is 0 Å². The fourth-order valence-electron chi connectivity index (χ4n) is 3.71. The molecule has 2 aromatic heterocycles. The molecule has 0 saturated carbocycles. The zero-order valence-electron chi connectivity index (χ0n) is 18.6. The van der Waals surface area contributed by atoms with Gasteiger partial charge in [0.25, 0.3) is 5.91 Å². The van der Waals surface area contributed by atoms with Gasteiger partial charge in [-0.05, 0) is 47.7 Å². The number of aromatic nitrogens is 1. The molecule has 3 aromatic rings. The molecule has 4 rings (SSSR count). The van der Waals surface area contributed by atoms with E-state index in [2.05, 4.69) is 10.3 Å². The number of pyridine rings is 1. The highest BCUT2D eigenvalue weighted by molar-refractivity contribution is 7.12. The van der Waals surface area contributed by atoms with Crippen LogP contribution in [0.1, 0.15) is 51.1 Å². The molecule has 1 aliphatic heterocycles. The van der Waals surface area contributed by atoms with E-state index in [1.54, 1.807) is 41.9 Å². The minimum Gasteiger partial charge on any atom is -0.462 e. The van der Waals surface area contributed by atoms with Gasteiger partial charge in [0.15, 0.2) is 0 Å². The van der Waals surface area contributed by atoms with Gasteiger partial charge in [-0.3, -0.25) is 14.6 Å². The largest absolute Gasteiger partial charge is 0.462 e. The lowest BCUT2D eigenvalue weighted by Gasteiger charge is -2.28. The highest BCUT2D eigenvalue weighted by atomic mass is 35.5. The van der Waals surface area contributed by atoms with Gasteiger partial charge in [-0.15, -0.1) is 11.3 Å². The third-order valence-corrected chi connectivity index (χ3v) is 6.74. The van der Waals surface area contributed by atoms with Gasteiger partial charge in [-0.2, -0.15) is 0 Å². The molecule has 1 atom stereocenters. The number of nitrogens with one attached hydrogen (secondary N) is 1. The number of rotatable bonds is 8. The van der Waals surface area contributed by atoms with Gasteiger partial charge < -0.3 is 15.0 Å². The molecule has 1 aliphatic rings. The van der Waals surface area contributed by atoms with Crippen LogP contribution >= 0.6 is 22.9 Å². The van der Waals surface area contributed by atoms with Gasteiger partial charge in [-0.1, -0.05) is 37.1 Å². The Morgan fingerprint density at radius 2 is 2.09 bits per heavy atom. The molecule has 0 radical (unpaired) electrons. The van der Waals surface area contributed by atoms with Crippen molar-refractivity contribution in [1.29, 1.82) is 0 Å². The van der Waals surface area contributed by atoms with Crippen LogP contribution < -0.4 is 5.32 Å². The third-order valence-electron chi connectivity index (χ3n) is 5.52. The van der Waals surface area contributed by atoms with E-state index in [9.17, 15) is 14.4 Å². The molecule has 7 nitrogen and oxygen atoms in total. The molecule has 176 valence electrons. The maximum absolute atomic E-state index is 13.5. The van der Waals surface area contributed by atoms with Crippen molar-refractivity contribution in [1.82, 2.24) is 9.88 Å². The predicted octanol–water partition coefficient (Wildman–Crippen LogP) is 4.96. The van der Waals surface area contributed by atoms with Gasteiger partial charge in [0.2, 0.25) is 5.91 Å². The van der Waals surface area contributed by atoms with Crippen LogP contribution in [0.2, 0.25) is 5.02 Å². The fraction of sp³-hybridized carbons (Fsp3) is 0.280. The van der Waals surface area contributed by atoms with Crippen LogP contribution in [0.25, 0.3) is 0 Å². The molecule has 2 amide bonds. The van der Waals surface area contributed by atoms with Crippen molar-refractivity contribution in [2.75, 3.05) is 11.9 Å². The Balaban J connectivity index is 1.61. The summed E-state index contributed by atoms with van der Waals surface area (Å²) in [5.41, 5.74) is 2.18. The smallest absolute Gasteiger partial charge is 0.339 e. The number of carbonyl (C=O) groups is 3. The van der Waals surface area contributed by atoms with Crippen molar-refractivity contribution in [3.8, 4) is 0 Å². The molecule has 1 N–H and O–H groups in total. The lowest BCUT2D eigenvalue weighted by atomic mass is 10.1. The summed E-state index contributed by atoms with van der Waals surface area (Å²) in [6.07, 6.45) is 3.62. The normalized spacial score (nSPS) is 15.5. The monoisotopic (exact) mass is 497 g/mol. The highest BCUT2D eigenvalue weighted by Gasteiger charge is 2.36. The van der Waals surface area contributed by atoms with Crippen molar-refractivity contribution >= 4 is 46.4 Å². The van der Waals surface area contributed by atoms with Crippen LogP contribution in [0.15, 0.2) is 54.0 Å². The summed E-state index contributed by atoms with van der Waals surface area (Å²) < 4.78 is 5.25. The first-order valence-corrected chi connectivity index (χ1v) is 12.3. The number of halogens is 1. The molecular weight excluding hydrogens is 474 g/mol. The van der Waals surface area contributed by atoms with E-state index < -0.39 is 12.0 Å². The minimum absolute atomic E-state index is 0.145. The van der Waals surface area contributed by atoms with Gasteiger partial charge in [0.05, 0.1) is 22.9 Å². The Hall–Kier alpha value is -3.23. The summed E-state index contributed by atoms with van der Waals surface area (Å²) in [6.45, 7) is 2.50. The molecule has 0 bridgehead atoms. The van der Waals surface area contributed by atoms with Crippen molar-refractivity contribution in [2.45, 2.75) is 38.8 Å². The molecule has 1 unspecified atom stereocenters. The molecule has 34 heavy (non-hydrogen) atoms. The zero-order chi connectivity index (χ0) is 24.1. The van der Waals surface area contributed by atoms with E-state index in [1.807, 2.05) is 19.1 Å². The molecule has 1 aromatic carbocycles. The van der Waals surface area contributed by atoms with E-state index in [-0.39, 0.29) is 35.4 Å². The molecule has 0 fully saturated rings. The van der Waals surface area contributed by atoms with Crippen molar-refractivity contribution in [3.05, 3.63) is 80.8 Å². The van der Waals surface area contributed by atoms with Crippen LogP contribution in [0, 0.1) is 0 Å². The summed E-state index contributed by atoms with van der Waals surface area (Å²) in [6, 6.07) is 11.4. The Morgan fingerprint density at radius 1 is 1.24 bits per heavy atom. The Labute approximate surface area is 206 Å². The minimum atomic E-state index is -0.764. The molecule has 9 heteroatoms. The van der Waals surface area contributed by atoms with E-state index in [1.165, 1.54) is 16.2 Å². The van der Waals surface area contributed by atoms with Gasteiger partial charge in [0.1, 0.15) is 10.9 Å². The molecule has 0 aliphatic carbocycles. The quantitative estimate of drug-likeness (QED) is 0.351. The first-order chi connectivity index (χ1) is 16.5. The lowest BCUT2D eigenvalue weighted by Crippen LogP contribution is -2.46. The first kappa shape index (κ1) is 23.9. The van der Waals surface area contributed by atoms with Crippen LogP contribution in [0.3, 0.4) is 0 Å². The van der Waals surface area contributed by atoms with Crippen LogP contribution in [0.4, 0.5) is 5.69 Å². The number of esters is 1. The van der Waals surface area contributed by atoms with Crippen molar-refractivity contribution < 1.29 is 19.1 Å². The highest BCUT2D eigenvalue weighted by Crippen LogP contribution is 2.30. The summed E-state index contributed by atoms with van der Waals surface area (Å²) in [5, 5.41) is 4.89. The maximum atomic E-state index is 13.5. The van der Waals surface area contributed by atoms with Crippen LogP contribution in [-0.2, 0) is 22.5 Å². The van der Waals surface area contributed by atoms with Crippen LogP contribution in [0.5, 0.6) is 0 Å². The van der Waals surface area contributed by atoms with E-state index in [0.29, 0.717) is 28.4 Å². The topological polar surface area (TPSA) is 88.6 Å². The second-order valence-corrected chi connectivity index (χ2v) is 9.25. The number of amides is 2. The van der Waals surface area contributed by atoms with Gasteiger partial charge in [0, 0.05) is 24.9 Å². The Bertz CT molecular complexity index is 1200. The number of ether oxygens (including phenoxy) is 1. The fourth-order valence-corrected chi connectivity index (χ4v) is 4.80.